The molecular formula is C12H23NOS2. The fourth-order valence-electron chi connectivity index (χ4n) is 2.26. The van der Waals surface area contributed by atoms with Crippen molar-refractivity contribution in [3.05, 3.63) is 0 Å². The van der Waals surface area contributed by atoms with Crippen LogP contribution >= 0.6 is 23.5 Å². The molecule has 0 aromatic carbocycles. The molecule has 0 aromatic rings. The van der Waals surface area contributed by atoms with Gasteiger partial charge >= 0.3 is 0 Å². The summed E-state index contributed by atoms with van der Waals surface area (Å²) in [7, 11) is 0. The monoisotopic (exact) mass is 261 g/mol. The molecule has 0 radical (unpaired) electrons. The van der Waals surface area contributed by atoms with E-state index in [2.05, 4.69) is 28.8 Å². The lowest BCUT2D eigenvalue weighted by Crippen LogP contribution is -2.35. The molecule has 4 heteroatoms. The van der Waals surface area contributed by atoms with Gasteiger partial charge in [-0.1, -0.05) is 0 Å². The van der Waals surface area contributed by atoms with E-state index in [0.29, 0.717) is 0 Å². The third kappa shape index (κ3) is 4.86. The zero-order valence-corrected chi connectivity index (χ0v) is 11.6. The van der Waals surface area contributed by atoms with Gasteiger partial charge in [0.25, 0.3) is 0 Å². The summed E-state index contributed by atoms with van der Waals surface area (Å²) < 4.78 is 5.51. The minimum atomic E-state index is 0.738. The van der Waals surface area contributed by atoms with Crippen LogP contribution in [0.5, 0.6) is 0 Å². The van der Waals surface area contributed by atoms with Crippen molar-refractivity contribution in [1.82, 2.24) is 5.32 Å². The minimum absolute atomic E-state index is 0.738. The number of ether oxygens (including phenoxy) is 1. The quantitative estimate of drug-likeness (QED) is 0.837. The van der Waals surface area contributed by atoms with E-state index < -0.39 is 0 Å². The van der Waals surface area contributed by atoms with E-state index in [-0.39, 0.29) is 0 Å². The molecule has 2 heterocycles. The number of rotatable bonds is 4. The molecule has 2 saturated heterocycles. The predicted molar refractivity (Wildman–Crippen MR) is 74.6 cm³/mol. The molecule has 2 rings (SSSR count). The van der Waals surface area contributed by atoms with Gasteiger partial charge < -0.3 is 10.1 Å². The first-order chi connectivity index (χ1) is 7.95. The molecule has 2 aliphatic heterocycles. The lowest BCUT2D eigenvalue weighted by atomic mass is 9.99. The molecule has 0 aromatic heterocycles. The zero-order valence-electron chi connectivity index (χ0n) is 9.95. The van der Waals surface area contributed by atoms with E-state index >= 15 is 0 Å². The second kappa shape index (κ2) is 7.85. The van der Waals surface area contributed by atoms with Crippen molar-refractivity contribution in [3.8, 4) is 0 Å². The summed E-state index contributed by atoms with van der Waals surface area (Å²) in [5, 5.41) is 3.71. The molecule has 0 amide bonds. The SMILES string of the molecule is C1COC[C@H](CCNC2CSCCSC2)C1. The summed E-state index contributed by atoms with van der Waals surface area (Å²) in [5.74, 6) is 6.08. The third-order valence-electron chi connectivity index (χ3n) is 3.25. The van der Waals surface area contributed by atoms with Crippen molar-refractivity contribution >= 4 is 23.5 Å². The number of hydrogen-bond acceptors (Lipinski definition) is 4. The summed E-state index contributed by atoms with van der Waals surface area (Å²) in [4.78, 5) is 0. The highest BCUT2D eigenvalue weighted by molar-refractivity contribution is 8.03. The van der Waals surface area contributed by atoms with Crippen LogP contribution in [0, 0.1) is 5.92 Å². The summed E-state index contributed by atoms with van der Waals surface area (Å²) >= 11 is 4.20. The summed E-state index contributed by atoms with van der Waals surface area (Å²) in [6.07, 6.45) is 3.93. The Hall–Kier alpha value is 0.620. The van der Waals surface area contributed by atoms with Crippen LogP contribution in [0.2, 0.25) is 0 Å². The van der Waals surface area contributed by atoms with Gasteiger partial charge in [0.2, 0.25) is 0 Å². The standard InChI is InChI=1S/C12H23NOS2/c1-2-11(8-14-5-1)3-4-13-12-9-15-6-7-16-10-12/h11-13H,1-10H2/t11-/m0/s1. The maximum absolute atomic E-state index is 5.51. The van der Waals surface area contributed by atoms with Crippen LogP contribution in [0.15, 0.2) is 0 Å². The van der Waals surface area contributed by atoms with E-state index in [4.69, 9.17) is 4.74 Å². The molecule has 94 valence electrons. The van der Waals surface area contributed by atoms with Gasteiger partial charge in [0.05, 0.1) is 0 Å². The average molecular weight is 261 g/mol. The van der Waals surface area contributed by atoms with Crippen LogP contribution in [0.4, 0.5) is 0 Å². The first kappa shape index (κ1) is 13.1. The molecule has 2 aliphatic rings. The fraction of sp³-hybridized carbons (Fsp3) is 1.00. The van der Waals surface area contributed by atoms with Crippen LogP contribution in [0.25, 0.3) is 0 Å². The maximum atomic E-state index is 5.51. The highest BCUT2D eigenvalue weighted by Gasteiger charge is 2.15. The van der Waals surface area contributed by atoms with Crippen LogP contribution in [-0.2, 0) is 4.74 Å². The topological polar surface area (TPSA) is 21.3 Å². The maximum Gasteiger partial charge on any atom is 0.0494 e. The Morgan fingerprint density at radius 1 is 1.19 bits per heavy atom. The van der Waals surface area contributed by atoms with E-state index in [9.17, 15) is 0 Å². The van der Waals surface area contributed by atoms with Crippen LogP contribution in [0.1, 0.15) is 19.3 Å². The highest BCUT2D eigenvalue weighted by Crippen LogP contribution is 2.18. The van der Waals surface area contributed by atoms with Gasteiger partial charge in [-0.05, 0) is 31.7 Å². The van der Waals surface area contributed by atoms with Gasteiger partial charge in [-0.3, -0.25) is 0 Å². The minimum Gasteiger partial charge on any atom is -0.381 e. The molecule has 0 unspecified atom stereocenters. The van der Waals surface area contributed by atoms with Crippen molar-refractivity contribution in [1.29, 1.82) is 0 Å². The Bertz CT molecular complexity index is 178. The number of nitrogens with one attached hydrogen (secondary N) is 1. The van der Waals surface area contributed by atoms with E-state index in [1.165, 1.54) is 48.8 Å². The number of hydrogen-bond donors (Lipinski definition) is 1. The molecule has 0 spiro atoms. The van der Waals surface area contributed by atoms with Gasteiger partial charge in [-0.25, -0.2) is 0 Å². The molecule has 2 fully saturated rings. The van der Waals surface area contributed by atoms with Gasteiger partial charge in [-0.15, -0.1) is 0 Å². The molecule has 1 atom stereocenters. The smallest absolute Gasteiger partial charge is 0.0494 e. The van der Waals surface area contributed by atoms with E-state index in [0.717, 1.165) is 25.2 Å². The molecule has 0 aliphatic carbocycles. The summed E-state index contributed by atoms with van der Waals surface area (Å²) in [6, 6.07) is 0.738. The van der Waals surface area contributed by atoms with E-state index in [1.807, 2.05) is 0 Å². The van der Waals surface area contributed by atoms with Gasteiger partial charge in [0.15, 0.2) is 0 Å². The van der Waals surface area contributed by atoms with E-state index in [1.54, 1.807) is 0 Å². The van der Waals surface area contributed by atoms with Crippen LogP contribution < -0.4 is 5.32 Å². The molecule has 16 heavy (non-hydrogen) atoms. The van der Waals surface area contributed by atoms with Crippen molar-refractivity contribution in [2.24, 2.45) is 5.92 Å². The Balaban J connectivity index is 1.55. The average Bonchev–Trinajstić information content (AvgIpc) is 2.59. The first-order valence-electron chi connectivity index (χ1n) is 6.42. The first-order valence-corrected chi connectivity index (χ1v) is 8.72. The van der Waals surface area contributed by atoms with Crippen LogP contribution in [0.3, 0.4) is 0 Å². The lowest BCUT2D eigenvalue weighted by Gasteiger charge is -2.23. The second-order valence-corrected chi connectivity index (χ2v) is 6.97. The largest absolute Gasteiger partial charge is 0.381 e. The van der Waals surface area contributed by atoms with Gasteiger partial charge in [0, 0.05) is 42.3 Å². The second-order valence-electron chi connectivity index (χ2n) is 4.67. The normalized spacial score (nSPS) is 28.9. The fourth-order valence-corrected chi connectivity index (χ4v) is 4.73. The Kier molecular flexibility index (Phi) is 6.41. The summed E-state index contributed by atoms with van der Waals surface area (Å²) in [6.45, 7) is 3.16. The molecular weight excluding hydrogens is 238 g/mol. The molecule has 0 bridgehead atoms. The lowest BCUT2D eigenvalue weighted by molar-refractivity contribution is 0.0516. The van der Waals surface area contributed by atoms with Crippen molar-refractivity contribution in [2.75, 3.05) is 42.8 Å². The molecule has 1 N–H and O–H groups in total. The Morgan fingerprint density at radius 2 is 2.00 bits per heavy atom. The van der Waals surface area contributed by atoms with Crippen molar-refractivity contribution in [3.63, 3.8) is 0 Å². The molecule has 0 saturated carbocycles. The third-order valence-corrected chi connectivity index (χ3v) is 5.77. The van der Waals surface area contributed by atoms with Crippen LogP contribution in [-0.4, -0.2) is 48.8 Å². The van der Waals surface area contributed by atoms with Gasteiger partial charge in [-0.2, -0.15) is 23.5 Å². The van der Waals surface area contributed by atoms with Crippen molar-refractivity contribution in [2.45, 2.75) is 25.3 Å². The van der Waals surface area contributed by atoms with Gasteiger partial charge in [0.1, 0.15) is 0 Å². The Labute approximate surface area is 108 Å². The number of thioether (sulfide) groups is 2. The Morgan fingerprint density at radius 3 is 2.69 bits per heavy atom. The predicted octanol–water partition coefficient (Wildman–Crippen LogP) is 2.24. The zero-order chi connectivity index (χ0) is 11.1. The highest BCUT2D eigenvalue weighted by atomic mass is 32.2. The summed E-state index contributed by atoms with van der Waals surface area (Å²) in [5.41, 5.74) is 0. The van der Waals surface area contributed by atoms with Crippen molar-refractivity contribution < 1.29 is 4.74 Å². The molecule has 2 nitrogen and oxygen atoms in total.